The van der Waals surface area contributed by atoms with Gasteiger partial charge in [-0.3, -0.25) is 14.5 Å². The number of hydrogen-bond acceptors (Lipinski definition) is 6. The number of sulfonamides is 1. The van der Waals surface area contributed by atoms with E-state index in [4.69, 9.17) is 9.47 Å². The topological polar surface area (TPSA) is 105 Å². The zero-order valence-corrected chi connectivity index (χ0v) is 17.9. The number of anilines is 2. The molecule has 0 aliphatic carbocycles. The minimum absolute atomic E-state index is 0.100. The normalized spacial score (nSPS) is 17.1. The highest BCUT2D eigenvalue weighted by Gasteiger charge is 2.29. The van der Waals surface area contributed by atoms with Crippen LogP contribution in [0.5, 0.6) is 5.75 Å². The second-order valence-corrected chi connectivity index (χ2v) is 9.22. The van der Waals surface area contributed by atoms with E-state index in [0.717, 1.165) is 0 Å². The third-order valence-electron chi connectivity index (χ3n) is 5.20. The molecule has 0 spiro atoms. The first-order chi connectivity index (χ1) is 14.9. The number of nitrogens with one attached hydrogen (secondary N) is 1. The predicted molar refractivity (Wildman–Crippen MR) is 114 cm³/mol. The van der Waals surface area contributed by atoms with Crippen LogP contribution in [0.25, 0.3) is 0 Å². The number of ether oxygens (including phenoxy) is 2. The highest BCUT2D eigenvalue weighted by atomic mass is 32.2. The highest BCUT2D eigenvalue weighted by molar-refractivity contribution is 7.89. The van der Waals surface area contributed by atoms with Crippen LogP contribution < -0.4 is 15.0 Å². The number of carbonyl (C=O) groups excluding carboxylic acids is 2. The maximum absolute atomic E-state index is 12.9. The lowest BCUT2D eigenvalue weighted by atomic mass is 10.2. The van der Waals surface area contributed by atoms with E-state index in [2.05, 4.69) is 5.32 Å². The fourth-order valence-electron chi connectivity index (χ4n) is 3.49. The van der Waals surface area contributed by atoms with Crippen molar-refractivity contribution in [3.63, 3.8) is 0 Å². The molecule has 0 radical (unpaired) electrons. The minimum Gasteiger partial charge on any atom is -0.482 e. The number of morpholine rings is 1. The van der Waals surface area contributed by atoms with Crippen molar-refractivity contribution >= 4 is 33.2 Å². The van der Waals surface area contributed by atoms with E-state index in [-0.39, 0.29) is 37.0 Å². The molecule has 164 valence electrons. The van der Waals surface area contributed by atoms with Gasteiger partial charge >= 0.3 is 0 Å². The van der Waals surface area contributed by atoms with Crippen molar-refractivity contribution in [1.29, 1.82) is 0 Å². The van der Waals surface area contributed by atoms with E-state index in [1.807, 2.05) is 0 Å². The van der Waals surface area contributed by atoms with Crippen LogP contribution in [0.1, 0.15) is 5.56 Å². The number of para-hydroxylation sites is 2. The zero-order valence-electron chi connectivity index (χ0n) is 17.0. The molecule has 2 aliphatic heterocycles. The molecule has 2 amide bonds. The predicted octanol–water partition coefficient (Wildman–Crippen LogP) is 1.38. The summed E-state index contributed by atoms with van der Waals surface area (Å²) in [7, 11) is -3.69. The molecule has 2 heterocycles. The smallest absolute Gasteiger partial charge is 0.265 e. The molecule has 1 N–H and O–H groups in total. The molecule has 2 aliphatic rings. The number of rotatable bonds is 5. The second kappa shape index (κ2) is 8.66. The van der Waals surface area contributed by atoms with Gasteiger partial charge in [0, 0.05) is 18.8 Å². The van der Waals surface area contributed by atoms with Gasteiger partial charge in [0.25, 0.3) is 5.91 Å². The Balaban J connectivity index is 1.52. The van der Waals surface area contributed by atoms with Gasteiger partial charge in [0.05, 0.1) is 23.8 Å². The Kier molecular flexibility index (Phi) is 5.94. The zero-order chi connectivity index (χ0) is 22.0. The standard InChI is InChI=1S/C21H23N3O6S/c1-15-6-7-16(31(27,28)23-8-10-29-11-9-23)12-17(15)22-20(25)13-24-18-4-2-3-5-19(18)30-14-21(24)26/h2-7,12H,8-11,13-14H2,1H3,(H,22,25). The monoisotopic (exact) mass is 445 g/mol. The Morgan fingerprint density at radius 2 is 1.87 bits per heavy atom. The Labute approximate surface area is 180 Å². The molecular weight excluding hydrogens is 422 g/mol. The molecule has 1 fully saturated rings. The van der Waals surface area contributed by atoms with E-state index in [1.54, 1.807) is 37.3 Å². The maximum atomic E-state index is 12.9. The van der Waals surface area contributed by atoms with E-state index in [9.17, 15) is 18.0 Å². The minimum atomic E-state index is -3.69. The lowest BCUT2D eigenvalue weighted by Gasteiger charge is -2.29. The summed E-state index contributed by atoms with van der Waals surface area (Å²) in [5.41, 5.74) is 1.62. The Morgan fingerprint density at radius 3 is 2.65 bits per heavy atom. The van der Waals surface area contributed by atoms with Gasteiger partial charge in [-0.15, -0.1) is 0 Å². The molecule has 31 heavy (non-hydrogen) atoms. The number of carbonyl (C=O) groups is 2. The summed E-state index contributed by atoms with van der Waals surface area (Å²) in [5, 5.41) is 2.74. The van der Waals surface area contributed by atoms with Crippen LogP contribution in [0.3, 0.4) is 0 Å². The van der Waals surface area contributed by atoms with E-state index in [0.29, 0.717) is 35.9 Å². The molecule has 4 rings (SSSR count). The number of fused-ring (bicyclic) bond motifs is 1. The summed E-state index contributed by atoms with van der Waals surface area (Å²) in [4.78, 5) is 26.5. The van der Waals surface area contributed by atoms with Crippen molar-refractivity contribution in [3.05, 3.63) is 48.0 Å². The third-order valence-corrected chi connectivity index (χ3v) is 7.10. The molecule has 10 heteroatoms. The number of amides is 2. The summed E-state index contributed by atoms with van der Waals surface area (Å²) in [6, 6.07) is 11.6. The number of nitrogens with zero attached hydrogens (tertiary/aromatic N) is 2. The van der Waals surface area contributed by atoms with Crippen molar-refractivity contribution in [2.45, 2.75) is 11.8 Å². The van der Waals surface area contributed by atoms with Crippen molar-refractivity contribution in [2.75, 3.05) is 49.7 Å². The lowest BCUT2D eigenvalue weighted by Crippen LogP contribution is -2.43. The first kappa shape index (κ1) is 21.3. The van der Waals surface area contributed by atoms with Crippen LogP contribution >= 0.6 is 0 Å². The van der Waals surface area contributed by atoms with Crippen LogP contribution in [-0.4, -0.2) is 64.0 Å². The van der Waals surface area contributed by atoms with Crippen molar-refractivity contribution in [3.8, 4) is 5.75 Å². The first-order valence-corrected chi connectivity index (χ1v) is 11.3. The highest BCUT2D eigenvalue weighted by Crippen LogP contribution is 2.31. The number of hydrogen-bond donors (Lipinski definition) is 1. The summed E-state index contributed by atoms with van der Waals surface area (Å²) < 4.78 is 37.8. The molecule has 0 atom stereocenters. The average molecular weight is 445 g/mol. The SMILES string of the molecule is Cc1ccc(S(=O)(=O)N2CCOCC2)cc1NC(=O)CN1C(=O)COc2ccccc21. The van der Waals surface area contributed by atoms with Gasteiger partial charge < -0.3 is 14.8 Å². The Morgan fingerprint density at radius 1 is 1.13 bits per heavy atom. The lowest BCUT2D eigenvalue weighted by molar-refractivity contribution is -0.123. The largest absolute Gasteiger partial charge is 0.482 e. The van der Waals surface area contributed by atoms with Gasteiger partial charge in [-0.2, -0.15) is 4.31 Å². The van der Waals surface area contributed by atoms with Crippen molar-refractivity contribution < 1.29 is 27.5 Å². The van der Waals surface area contributed by atoms with E-state index >= 15 is 0 Å². The fourth-order valence-corrected chi connectivity index (χ4v) is 4.93. The van der Waals surface area contributed by atoms with Crippen molar-refractivity contribution in [1.82, 2.24) is 4.31 Å². The Hall–Kier alpha value is -2.95. The summed E-state index contributed by atoms with van der Waals surface area (Å²) >= 11 is 0. The van der Waals surface area contributed by atoms with Gasteiger partial charge in [-0.25, -0.2) is 8.42 Å². The van der Waals surface area contributed by atoms with Crippen LogP contribution in [-0.2, 0) is 24.3 Å². The molecule has 0 unspecified atom stereocenters. The van der Waals surface area contributed by atoms with Crippen LogP contribution in [0.2, 0.25) is 0 Å². The summed E-state index contributed by atoms with van der Waals surface area (Å²) in [5.74, 6) is -0.229. The summed E-state index contributed by atoms with van der Waals surface area (Å²) in [6.45, 7) is 2.70. The molecule has 2 aromatic rings. The van der Waals surface area contributed by atoms with Gasteiger partial charge in [0.15, 0.2) is 6.61 Å². The van der Waals surface area contributed by atoms with Crippen LogP contribution in [0.15, 0.2) is 47.4 Å². The van der Waals surface area contributed by atoms with Gasteiger partial charge in [0.1, 0.15) is 12.3 Å². The van der Waals surface area contributed by atoms with Crippen LogP contribution in [0.4, 0.5) is 11.4 Å². The van der Waals surface area contributed by atoms with Crippen molar-refractivity contribution in [2.24, 2.45) is 0 Å². The maximum Gasteiger partial charge on any atom is 0.265 e. The average Bonchev–Trinajstić information content (AvgIpc) is 2.78. The fraction of sp³-hybridized carbons (Fsp3) is 0.333. The second-order valence-electron chi connectivity index (χ2n) is 7.28. The molecule has 0 aromatic heterocycles. The van der Waals surface area contributed by atoms with E-state index < -0.39 is 15.9 Å². The van der Waals surface area contributed by atoms with Gasteiger partial charge in [-0.1, -0.05) is 18.2 Å². The summed E-state index contributed by atoms with van der Waals surface area (Å²) in [6.07, 6.45) is 0. The quantitative estimate of drug-likeness (QED) is 0.746. The number of benzene rings is 2. The number of aryl methyl sites for hydroxylation is 1. The first-order valence-electron chi connectivity index (χ1n) is 9.87. The molecule has 2 aromatic carbocycles. The van der Waals surface area contributed by atoms with Gasteiger partial charge in [0.2, 0.25) is 15.9 Å². The van der Waals surface area contributed by atoms with Gasteiger partial charge in [-0.05, 0) is 36.8 Å². The molecule has 0 bridgehead atoms. The third kappa shape index (κ3) is 4.41. The molecular formula is C21H23N3O6S. The molecule has 0 saturated carbocycles. The molecule has 9 nitrogen and oxygen atoms in total. The Bertz CT molecular complexity index is 1110. The van der Waals surface area contributed by atoms with Crippen LogP contribution in [0, 0.1) is 6.92 Å². The van der Waals surface area contributed by atoms with E-state index in [1.165, 1.54) is 21.3 Å². The molecule has 1 saturated heterocycles.